The molecule has 5 N–H and O–H groups in total. The first kappa shape index (κ1) is 57.3. The summed E-state index contributed by atoms with van der Waals surface area (Å²) in [5.74, 6) is 0.637. The molecule has 0 aliphatic carbocycles. The number of piperazine rings is 1. The summed E-state index contributed by atoms with van der Waals surface area (Å²) in [7, 11) is 0. The molecule has 0 spiro atoms. The van der Waals surface area contributed by atoms with Crippen molar-refractivity contribution >= 4 is 78.7 Å². The molecule has 5 atom stereocenters. The molecular weight excluding hydrogens is 1120 g/mol. The Bertz CT molecular complexity index is 3690. The van der Waals surface area contributed by atoms with Crippen molar-refractivity contribution in [1.29, 1.82) is 5.26 Å². The van der Waals surface area contributed by atoms with Crippen molar-refractivity contribution in [2.75, 3.05) is 50.1 Å². The maximum atomic E-state index is 15.5. The van der Waals surface area contributed by atoms with Crippen LogP contribution in [0.1, 0.15) is 88.1 Å². The van der Waals surface area contributed by atoms with Crippen molar-refractivity contribution in [1.82, 2.24) is 45.5 Å². The minimum atomic E-state index is -0.492. The molecule has 4 saturated heterocycles. The molecule has 430 valence electrons. The number of aliphatic hydroxyl groups excluding tert-OH is 1. The average molecular weight is 1180 g/mol. The number of carbonyl (C=O) groups excluding carboxylic acids is 2. The second-order valence-corrected chi connectivity index (χ2v) is 23.6. The van der Waals surface area contributed by atoms with Crippen LogP contribution in [0.5, 0.6) is 11.8 Å². The molecule has 0 saturated carbocycles. The zero-order chi connectivity index (χ0) is 57.9. The van der Waals surface area contributed by atoms with Gasteiger partial charge in [0, 0.05) is 84.3 Å². The number of carbonyl (C=O) groups is 2. The number of fused-ring (bicyclic) bond motifs is 4. The number of likely N-dealkylation sites (tertiary alicyclic amines) is 1. The Morgan fingerprint density at radius 3 is 2.43 bits per heavy atom. The Labute approximate surface area is 493 Å². The number of thiophene rings is 1. The third-order valence-electron chi connectivity index (χ3n) is 16.0. The number of benzene rings is 4. The van der Waals surface area contributed by atoms with Crippen LogP contribution in [-0.2, 0) is 20.9 Å². The predicted molar refractivity (Wildman–Crippen MR) is 319 cm³/mol. The highest BCUT2D eigenvalue weighted by molar-refractivity contribution is 7.23. The van der Waals surface area contributed by atoms with Crippen LogP contribution in [-0.4, -0.2) is 116 Å². The number of nitrogens with one attached hydrogen (secondary N) is 2. The Morgan fingerprint density at radius 1 is 1.01 bits per heavy atom. The van der Waals surface area contributed by atoms with Gasteiger partial charge < -0.3 is 45.5 Å². The van der Waals surface area contributed by atoms with Gasteiger partial charge in [-0.25, -0.2) is 9.07 Å². The van der Waals surface area contributed by atoms with E-state index in [1.165, 1.54) is 6.07 Å². The third-order valence-corrected chi connectivity index (χ3v) is 17.6. The zero-order valence-electron chi connectivity index (χ0n) is 46.1. The van der Waals surface area contributed by atoms with Gasteiger partial charge in [-0.15, -0.1) is 16.4 Å². The maximum absolute atomic E-state index is 15.5. The van der Waals surface area contributed by atoms with Crippen LogP contribution in [0.25, 0.3) is 54.6 Å². The lowest BCUT2D eigenvalue weighted by Gasteiger charge is -2.34. The number of amides is 2. The number of nitrogens with two attached hydrogens (primary N) is 1. The van der Waals surface area contributed by atoms with E-state index in [-0.39, 0.29) is 58.5 Å². The normalized spacial score (nSPS) is 18.7. The smallest absolute Gasteiger partial charge is 0.319 e. The van der Waals surface area contributed by atoms with Gasteiger partial charge in [0.15, 0.2) is 5.75 Å². The molecule has 22 heteroatoms. The molecule has 4 aromatic carbocycles. The van der Waals surface area contributed by atoms with E-state index in [1.807, 2.05) is 79.5 Å². The van der Waals surface area contributed by atoms with Crippen LogP contribution in [0.2, 0.25) is 10.0 Å². The molecule has 12 rings (SSSR count). The van der Waals surface area contributed by atoms with E-state index >= 15 is 4.39 Å². The van der Waals surface area contributed by atoms with Crippen molar-refractivity contribution in [2.45, 2.75) is 102 Å². The van der Waals surface area contributed by atoms with E-state index in [0.29, 0.717) is 105 Å². The second kappa shape index (κ2) is 25.1. The lowest BCUT2D eigenvalue weighted by atomic mass is 9.96. The second-order valence-electron chi connectivity index (χ2n) is 21.8. The number of halogens is 3. The highest BCUT2D eigenvalue weighted by atomic mass is 35.5. The predicted octanol–water partition coefficient (Wildman–Crippen LogP) is 10.5. The number of pyridine rings is 1. The van der Waals surface area contributed by atoms with Crippen LogP contribution < -0.4 is 30.7 Å². The van der Waals surface area contributed by atoms with Crippen LogP contribution >= 0.6 is 34.5 Å². The van der Waals surface area contributed by atoms with Crippen LogP contribution in [0.15, 0.2) is 91.3 Å². The molecule has 2 bridgehead atoms. The zero-order valence-corrected chi connectivity index (χ0v) is 48.4. The van der Waals surface area contributed by atoms with Crippen molar-refractivity contribution in [3.63, 3.8) is 0 Å². The van der Waals surface area contributed by atoms with E-state index in [2.05, 4.69) is 43.8 Å². The van der Waals surface area contributed by atoms with E-state index < -0.39 is 17.9 Å². The number of nitriles is 1. The van der Waals surface area contributed by atoms with Gasteiger partial charge >= 0.3 is 6.01 Å². The first-order valence-corrected chi connectivity index (χ1v) is 29.5. The molecule has 8 aromatic rings. The lowest BCUT2D eigenvalue weighted by molar-refractivity contribution is -0.137. The number of hydrogen-bond donors (Lipinski definition) is 4. The van der Waals surface area contributed by atoms with Gasteiger partial charge in [0.1, 0.15) is 52.7 Å². The fraction of sp³-hybridized carbons (Fsp3) is 0.377. The molecule has 5 unspecified atom stereocenters. The summed E-state index contributed by atoms with van der Waals surface area (Å²) in [5.41, 5.74) is 12.6. The highest BCUT2D eigenvalue weighted by Gasteiger charge is 2.37. The molecule has 18 nitrogen and oxygen atoms in total. The van der Waals surface area contributed by atoms with Gasteiger partial charge in [-0.1, -0.05) is 96.9 Å². The summed E-state index contributed by atoms with van der Waals surface area (Å²) in [6.07, 6.45) is 9.53. The van der Waals surface area contributed by atoms with E-state index in [4.69, 9.17) is 53.1 Å². The number of rotatable bonds is 16. The number of nitrogen functional groups attached to an aromatic ring is 1. The fourth-order valence-corrected chi connectivity index (χ4v) is 13.2. The number of anilines is 2. The van der Waals surface area contributed by atoms with Crippen LogP contribution in [0.3, 0.4) is 0 Å². The summed E-state index contributed by atoms with van der Waals surface area (Å²) in [6.45, 7) is 9.54. The van der Waals surface area contributed by atoms with Gasteiger partial charge in [-0.05, 0) is 79.5 Å². The molecular formula is C61H63Cl2FN12O6S. The molecule has 2 amide bonds. The Kier molecular flexibility index (Phi) is 17.4. The highest BCUT2D eigenvalue weighted by Crippen LogP contribution is 2.50. The Balaban J connectivity index is 0.000000322. The molecule has 4 aliphatic heterocycles. The van der Waals surface area contributed by atoms with Crippen molar-refractivity contribution in [2.24, 2.45) is 5.92 Å². The summed E-state index contributed by atoms with van der Waals surface area (Å²) >= 11 is 14.5. The molecule has 4 aliphatic rings. The van der Waals surface area contributed by atoms with Crippen LogP contribution in [0.4, 0.5) is 15.2 Å². The first-order chi connectivity index (χ1) is 40.3. The maximum Gasteiger partial charge on any atom is 0.319 e. The molecule has 83 heavy (non-hydrogen) atoms. The molecule has 4 aromatic heterocycles. The molecule has 8 heterocycles. The number of aromatic nitrogens is 6. The van der Waals surface area contributed by atoms with Gasteiger partial charge in [-0.2, -0.15) is 15.2 Å². The van der Waals surface area contributed by atoms with Gasteiger partial charge in [-0.3, -0.25) is 14.6 Å². The number of aliphatic hydroxyl groups is 1. The van der Waals surface area contributed by atoms with Crippen molar-refractivity contribution in [3.8, 4) is 51.5 Å². The third kappa shape index (κ3) is 12.0. The monoisotopic (exact) mass is 1180 g/mol. The largest absolute Gasteiger partial charge is 0.486 e. The number of ether oxygens (including phenoxy) is 3. The van der Waals surface area contributed by atoms with Gasteiger partial charge in [0.2, 0.25) is 12.3 Å². The first-order valence-electron chi connectivity index (χ1n) is 28.0. The van der Waals surface area contributed by atoms with E-state index in [9.17, 15) is 20.0 Å². The summed E-state index contributed by atoms with van der Waals surface area (Å²) in [6, 6.07) is 26.0. The average Bonchev–Trinajstić information content (AvgIpc) is 2.40. The SMILES string of the molecule is CC(C)C(C(=O)N1CCCC1C)n1cc(-c2ccc(COc3c(-c4ccc(F)c5sc(N)c(C#N)c45)c(Cl)cc4c(N5CC6CCC(C5)N6)nc(OC5CCOCC5)nc34)cc2)nn1.O=CNC(CO)c1ccc(-c2ncccc2Cl)cc1. The molecule has 0 radical (unpaired) electrons. The van der Waals surface area contributed by atoms with Gasteiger partial charge in [0.25, 0.3) is 0 Å². The fourth-order valence-electron chi connectivity index (χ4n) is 11.7. The van der Waals surface area contributed by atoms with Crippen LogP contribution in [0, 0.1) is 23.1 Å². The summed E-state index contributed by atoms with van der Waals surface area (Å²) in [4.78, 5) is 42.8. The van der Waals surface area contributed by atoms with E-state index in [0.717, 1.165) is 78.9 Å². The van der Waals surface area contributed by atoms with Crippen molar-refractivity contribution in [3.05, 3.63) is 124 Å². The lowest BCUT2D eigenvalue weighted by Crippen LogP contribution is -2.51. The van der Waals surface area contributed by atoms with E-state index in [1.54, 1.807) is 29.1 Å². The topological polar surface area (TPSA) is 232 Å². The molecule has 4 fully saturated rings. The van der Waals surface area contributed by atoms with Crippen molar-refractivity contribution < 1.29 is 33.3 Å². The Hall–Kier alpha value is -7.51. The minimum Gasteiger partial charge on any atom is -0.486 e. The Morgan fingerprint density at radius 2 is 1.76 bits per heavy atom. The number of hydrogen-bond acceptors (Lipinski definition) is 16. The quantitative estimate of drug-likeness (QED) is 0.0659. The standard InChI is InChI=1S/C47H50ClFN10O4S.C14H13ClN2O2/c1-25(2)41(46(60)58-16-4-5-26(58)3)59-23-37(55-56-59)28-8-6-27(7-9-28)24-62-42-39(32-12-13-36(49)43-38(32)34(20-50)44(51)64-43)35(48)19-33-40(42)53-47(63-31-14-17-61-18-15-31)54-45(33)57-21-29-10-11-30(22-57)52-29;15-12-2-1-7-16-14(12)11-5-3-10(4-6-11)13(8-18)17-9-19/h6-9,12-13,19,23,25-26,29-31,41,52H,4-5,10-11,14-18,21-22,24,51H2,1-3H3;1-7,9,13,18H,8H2,(H,17,19). The van der Waals surface area contributed by atoms with Gasteiger partial charge in [0.05, 0.1) is 58.1 Å². The number of nitrogens with zero attached hydrogens (tertiary/aromatic N) is 9. The minimum absolute atomic E-state index is 0.0225. The summed E-state index contributed by atoms with van der Waals surface area (Å²) < 4.78 is 36.5. The summed E-state index contributed by atoms with van der Waals surface area (Å²) in [5, 5.41) is 36.8.